The van der Waals surface area contributed by atoms with Gasteiger partial charge in [-0.3, -0.25) is 0 Å². The number of aromatic nitrogens is 1. The van der Waals surface area contributed by atoms with Gasteiger partial charge in [0, 0.05) is 10.9 Å². The number of rotatable bonds is 2. The van der Waals surface area contributed by atoms with Crippen molar-refractivity contribution in [3.05, 3.63) is 29.0 Å². The van der Waals surface area contributed by atoms with Crippen molar-refractivity contribution in [2.75, 3.05) is 6.26 Å². The molecule has 1 heterocycles. The second-order valence-corrected chi connectivity index (χ2v) is 4.64. The number of thioether (sulfide) groups is 1. The highest BCUT2D eigenvalue weighted by atomic mass is 35.5. The third kappa shape index (κ3) is 1.34. The molecule has 0 spiro atoms. The van der Waals surface area contributed by atoms with Crippen molar-refractivity contribution in [1.29, 1.82) is 0 Å². The Hall–Kier alpha value is -0.210. The van der Waals surface area contributed by atoms with Crippen LogP contribution < -0.4 is 0 Å². The lowest BCUT2D eigenvalue weighted by Crippen LogP contribution is -1.99. The highest BCUT2D eigenvalue weighted by Crippen LogP contribution is 2.55. The maximum Gasteiger partial charge on any atom is 0.129 e. The highest BCUT2D eigenvalue weighted by molar-refractivity contribution is 7.99. The molecular formula is C9H10ClNS. The molecule has 1 fully saturated rings. The van der Waals surface area contributed by atoms with Gasteiger partial charge in [-0.05, 0) is 30.7 Å². The normalized spacial score (nSPS) is 19.2. The third-order valence-electron chi connectivity index (χ3n) is 2.35. The first-order valence-electron chi connectivity index (χ1n) is 3.94. The fourth-order valence-electron chi connectivity index (χ4n) is 1.37. The fraction of sp³-hybridized carbons (Fsp3) is 0.444. The molecule has 0 atom stereocenters. The molecule has 1 nitrogen and oxygen atoms in total. The fourth-order valence-corrected chi connectivity index (χ4v) is 2.35. The minimum Gasteiger partial charge on any atom is -0.244 e. The molecule has 1 saturated carbocycles. The van der Waals surface area contributed by atoms with E-state index in [4.69, 9.17) is 11.6 Å². The smallest absolute Gasteiger partial charge is 0.129 e. The van der Waals surface area contributed by atoms with Crippen LogP contribution in [0.25, 0.3) is 0 Å². The van der Waals surface area contributed by atoms with Crippen LogP contribution in [0, 0.1) is 0 Å². The predicted octanol–water partition coefficient (Wildman–Crippen LogP) is 3.09. The molecule has 1 aromatic heterocycles. The molecule has 2 rings (SSSR count). The van der Waals surface area contributed by atoms with E-state index in [1.54, 1.807) is 0 Å². The van der Waals surface area contributed by atoms with Crippen molar-refractivity contribution in [2.45, 2.75) is 17.6 Å². The standard InChI is InChI=1S/C9H10ClNS/c1-12-9(4-5-9)7-2-3-8(10)11-6-7/h2-3,6H,4-5H2,1H3. The molecule has 0 unspecified atom stereocenters. The molecular weight excluding hydrogens is 190 g/mol. The van der Waals surface area contributed by atoms with E-state index in [1.807, 2.05) is 24.0 Å². The lowest BCUT2D eigenvalue weighted by atomic mass is 10.2. The van der Waals surface area contributed by atoms with Gasteiger partial charge in [-0.25, -0.2) is 4.98 Å². The first kappa shape index (κ1) is 8.39. The van der Waals surface area contributed by atoms with E-state index in [1.165, 1.54) is 18.4 Å². The second-order valence-electron chi connectivity index (χ2n) is 3.07. The topological polar surface area (TPSA) is 12.9 Å². The van der Waals surface area contributed by atoms with Gasteiger partial charge in [0.2, 0.25) is 0 Å². The zero-order valence-electron chi connectivity index (χ0n) is 6.88. The molecule has 0 aliphatic heterocycles. The zero-order valence-corrected chi connectivity index (χ0v) is 8.45. The summed E-state index contributed by atoms with van der Waals surface area (Å²) in [6, 6.07) is 3.95. The quantitative estimate of drug-likeness (QED) is 0.679. The lowest BCUT2D eigenvalue weighted by molar-refractivity contribution is 1.01. The summed E-state index contributed by atoms with van der Waals surface area (Å²) < 4.78 is 0.373. The summed E-state index contributed by atoms with van der Waals surface area (Å²) in [4.78, 5) is 4.09. The van der Waals surface area contributed by atoms with Gasteiger partial charge in [-0.1, -0.05) is 17.7 Å². The summed E-state index contributed by atoms with van der Waals surface area (Å²) in [5.74, 6) is 0. The van der Waals surface area contributed by atoms with E-state index in [0.717, 1.165) is 0 Å². The van der Waals surface area contributed by atoms with Crippen molar-refractivity contribution in [3.8, 4) is 0 Å². The maximum atomic E-state index is 5.71. The van der Waals surface area contributed by atoms with Crippen LogP contribution in [0.3, 0.4) is 0 Å². The van der Waals surface area contributed by atoms with Crippen LogP contribution >= 0.6 is 23.4 Å². The summed E-state index contributed by atoms with van der Waals surface area (Å²) in [5, 5.41) is 0.579. The van der Waals surface area contributed by atoms with Gasteiger partial charge < -0.3 is 0 Å². The minimum absolute atomic E-state index is 0.373. The molecule has 12 heavy (non-hydrogen) atoms. The molecule has 0 bridgehead atoms. The third-order valence-corrected chi connectivity index (χ3v) is 4.00. The Bertz CT molecular complexity index is 279. The molecule has 0 radical (unpaired) electrons. The van der Waals surface area contributed by atoms with Crippen LogP contribution in [0.15, 0.2) is 18.3 Å². The van der Waals surface area contributed by atoms with E-state index in [2.05, 4.69) is 17.3 Å². The Kier molecular flexibility index (Phi) is 2.05. The van der Waals surface area contributed by atoms with Gasteiger partial charge >= 0.3 is 0 Å². The maximum absolute atomic E-state index is 5.71. The monoisotopic (exact) mass is 199 g/mol. The van der Waals surface area contributed by atoms with Crippen molar-refractivity contribution in [2.24, 2.45) is 0 Å². The average Bonchev–Trinajstić information content (AvgIpc) is 2.86. The van der Waals surface area contributed by atoms with Crippen LogP contribution in [-0.4, -0.2) is 11.2 Å². The van der Waals surface area contributed by atoms with Crippen molar-refractivity contribution in [3.63, 3.8) is 0 Å². The molecule has 64 valence electrons. The SMILES string of the molecule is CSC1(c2ccc(Cl)nc2)CC1. The van der Waals surface area contributed by atoms with Gasteiger partial charge in [-0.15, -0.1) is 0 Å². The summed E-state index contributed by atoms with van der Waals surface area (Å²) >= 11 is 7.62. The average molecular weight is 200 g/mol. The van der Waals surface area contributed by atoms with Crippen molar-refractivity contribution < 1.29 is 0 Å². The highest BCUT2D eigenvalue weighted by Gasteiger charge is 2.43. The van der Waals surface area contributed by atoms with E-state index in [0.29, 0.717) is 9.90 Å². The summed E-state index contributed by atoms with van der Waals surface area (Å²) in [6.07, 6.45) is 6.60. The first-order chi connectivity index (χ1) is 5.77. The Morgan fingerprint density at radius 3 is 2.67 bits per heavy atom. The zero-order chi connectivity index (χ0) is 8.60. The largest absolute Gasteiger partial charge is 0.244 e. The molecule has 1 aromatic rings. The summed E-state index contributed by atoms with van der Waals surface area (Å²) in [7, 11) is 0. The van der Waals surface area contributed by atoms with Crippen molar-refractivity contribution >= 4 is 23.4 Å². The molecule has 3 heteroatoms. The molecule has 1 aliphatic rings. The minimum atomic E-state index is 0.373. The Morgan fingerprint density at radius 2 is 2.25 bits per heavy atom. The van der Waals surface area contributed by atoms with Crippen LogP contribution in [0.2, 0.25) is 5.15 Å². The number of nitrogens with zero attached hydrogens (tertiary/aromatic N) is 1. The molecule has 1 aliphatic carbocycles. The van der Waals surface area contributed by atoms with Gasteiger partial charge in [-0.2, -0.15) is 11.8 Å². The predicted molar refractivity (Wildman–Crippen MR) is 53.7 cm³/mol. The summed E-state index contributed by atoms with van der Waals surface area (Å²) in [5.41, 5.74) is 1.32. The number of hydrogen-bond acceptors (Lipinski definition) is 2. The molecule has 0 saturated heterocycles. The molecule has 0 amide bonds. The second kappa shape index (κ2) is 2.93. The van der Waals surface area contributed by atoms with Gasteiger partial charge in [0.1, 0.15) is 5.15 Å². The van der Waals surface area contributed by atoms with Crippen LogP contribution in [0.4, 0.5) is 0 Å². The number of halogens is 1. The van der Waals surface area contributed by atoms with E-state index in [9.17, 15) is 0 Å². The van der Waals surface area contributed by atoms with Crippen LogP contribution in [0.1, 0.15) is 18.4 Å². The lowest BCUT2D eigenvalue weighted by Gasteiger charge is -2.10. The summed E-state index contributed by atoms with van der Waals surface area (Å²) in [6.45, 7) is 0. The molecule has 0 aromatic carbocycles. The Labute approximate surface area is 81.5 Å². The Balaban J connectivity index is 2.29. The van der Waals surface area contributed by atoms with Gasteiger partial charge in [0.25, 0.3) is 0 Å². The van der Waals surface area contributed by atoms with Gasteiger partial charge in [0.15, 0.2) is 0 Å². The Morgan fingerprint density at radius 1 is 1.50 bits per heavy atom. The van der Waals surface area contributed by atoms with Gasteiger partial charge in [0.05, 0.1) is 0 Å². The van der Waals surface area contributed by atoms with Crippen LogP contribution in [-0.2, 0) is 4.75 Å². The number of hydrogen-bond donors (Lipinski definition) is 0. The van der Waals surface area contributed by atoms with E-state index >= 15 is 0 Å². The number of pyridine rings is 1. The molecule has 0 N–H and O–H groups in total. The van der Waals surface area contributed by atoms with E-state index < -0.39 is 0 Å². The van der Waals surface area contributed by atoms with Crippen LogP contribution in [0.5, 0.6) is 0 Å². The first-order valence-corrected chi connectivity index (χ1v) is 5.54. The van der Waals surface area contributed by atoms with E-state index in [-0.39, 0.29) is 0 Å². The van der Waals surface area contributed by atoms with Crippen molar-refractivity contribution in [1.82, 2.24) is 4.98 Å².